The molecule has 20 heavy (non-hydrogen) atoms. The predicted octanol–water partition coefficient (Wildman–Crippen LogP) is 0.0924. The summed E-state index contributed by atoms with van der Waals surface area (Å²) in [6.45, 7) is 3.01. The summed E-state index contributed by atoms with van der Waals surface area (Å²) in [4.78, 5) is 26.6. The minimum absolute atomic E-state index is 0.0793. The Morgan fingerprint density at radius 3 is 1.75 bits per heavy atom. The number of aryl methyl sites for hydroxylation is 2. The molecule has 0 saturated carbocycles. The van der Waals surface area contributed by atoms with Gasteiger partial charge in [-0.15, -0.1) is 0 Å². The second-order valence-corrected chi connectivity index (χ2v) is 4.35. The highest BCUT2D eigenvalue weighted by atomic mass is 16.4. The quantitative estimate of drug-likeness (QED) is 0.787. The van der Waals surface area contributed by atoms with Gasteiger partial charge in [0.15, 0.2) is 0 Å². The molecule has 0 N–H and O–H groups in total. The Labute approximate surface area is 115 Å². The smallest absolute Gasteiger partial charge is 0.0740 e. The molecule has 0 bridgehead atoms. The van der Waals surface area contributed by atoms with Crippen molar-refractivity contribution in [3.63, 3.8) is 0 Å². The van der Waals surface area contributed by atoms with E-state index in [9.17, 15) is 19.8 Å². The zero-order chi connectivity index (χ0) is 14.9. The van der Waals surface area contributed by atoms with Crippen LogP contribution in [0.2, 0.25) is 0 Å². The molecule has 1 heterocycles. The maximum Gasteiger partial charge on any atom is 0.0740 e. The SMILES string of the molecule is Cc1nc(C)c(C(=O)[O-])c(-c2ccccc2)c1C(=O)[O-]. The van der Waals surface area contributed by atoms with E-state index in [1.165, 1.54) is 13.8 Å². The maximum atomic E-state index is 11.3. The Bertz CT molecular complexity index is 655. The Balaban J connectivity index is 2.94. The number of rotatable bonds is 3. The second kappa shape index (κ2) is 5.13. The molecule has 102 valence electrons. The van der Waals surface area contributed by atoms with Crippen molar-refractivity contribution < 1.29 is 19.8 Å². The number of carboxylic acid groups (broad SMARTS) is 2. The zero-order valence-electron chi connectivity index (χ0n) is 11.0. The first-order chi connectivity index (χ1) is 9.43. The van der Waals surface area contributed by atoms with E-state index in [0.717, 1.165) is 0 Å². The first kappa shape index (κ1) is 13.7. The van der Waals surface area contributed by atoms with Crippen LogP contribution in [0.3, 0.4) is 0 Å². The van der Waals surface area contributed by atoms with Gasteiger partial charge in [-0.2, -0.15) is 0 Å². The molecule has 0 unspecified atom stereocenters. The van der Waals surface area contributed by atoms with E-state index >= 15 is 0 Å². The number of hydrogen-bond acceptors (Lipinski definition) is 5. The highest BCUT2D eigenvalue weighted by molar-refractivity contribution is 6.04. The third kappa shape index (κ3) is 2.25. The molecule has 0 aliphatic carbocycles. The van der Waals surface area contributed by atoms with Crippen LogP contribution in [0.4, 0.5) is 0 Å². The molecule has 0 fully saturated rings. The lowest BCUT2D eigenvalue weighted by Gasteiger charge is -2.20. The van der Waals surface area contributed by atoms with Gasteiger partial charge < -0.3 is 19.8 Å². The molecule has 0 radical (unpaired) electrons. The second-order valence-electron chi connectivity index (χ2n) is 4.35. The van der Waals surface area contributed by atoms with Crippen LogP contribution in [0, 0.1) is 13.8 Å². The van der Waals surface area contributed by atoms with Crippen molar-refractivity contribution in [1.82, 2.24) is 4.98 Å². The van der Waals surface area contributed by atoms with Crippen molar-refractivity contribution in [3.8, 4) is 11.1 Å². The predicted molar refractivity (Wildman–Crippen MR) is 67.8 cm³/mol. The monoisotopic (exact) mass is 269 g/mol. The van der Waals surface area contributed by atoms with Crippen LogP contribution in [0.15, 0.2) is 30.3 Å². The highest BCUT2D eigenvalue weighted by Crippen LogP contribution is 2.30. The third-order valence-corrected chi connectivity index (χ3v) is 3.03. The number of aromatic nitrogens is 1. The molecular weight excluding hydrogens is 258 g/mol. The number of carbonyl (C=O) groups excluding carboxylic acids is 2. The summed E-state index contributed by atoms with van der Waals surface area (Å²) in [6, 6.07) is 8.40. The van der Waals surface area contributed by atoms with Crippen molar-refractivity contribution in [2.24, 2.45) is 0 Å². The van der Waals surface area contributed by atoms with Gasteiger partial charge in [-0.3, -0.25) is 4.98 Å². The highest BCUT2D eigenvalue weighted by Gasteiger charge is 2.18. The van der Waals surface area contributed by atoms with Gasteiger partial charge in [0, 0.05) is 28.1 Å². The summed E-state index contributed by atoms with van der Waals surface area (Å²) in [5.41, 5.74) is 0.537. The third-order valence-electron chi connectivity index (χ3n) is 3.03. The summed E-state index contributed by atoms with van der Waals surface area (Å²) in [6.07, 6.45) is 0. The lowest BCUT2D eigenvalue weighted by atomic mass is 9.92. The number of carboxylic acids is 2. The normalized spacial score (nSPS) is 10.3. The van der Waals surface area contributed by atoms with Crippen molar-refractivity contribution in [1.29, 1.82) is 0 Å². The average molecular weight is 269 g/mol. The zero-order valence-corrected chi connectivity index (χ0v) is 11.0. The minimum atomic E-state index is -1.46. The summed E-state index contributed by atoms with van der Waals surface area (Å²) >= 11 is 0. The Hall–Kier alpha value is -2.69. The molecule has 2 aromatic rings. The fourth-order valence-corrected chi connectivity index (χ4v) is 2.24. The lowest BCUT2D eigenvalue weighted by molar-refractivity contribution is -0.255. The standard InChI is InChI=1S/C15H13NO4/c1-8-11(14(17)18)13(10-6-4-3-5-7-10)12(15(19)20)9(2)16-8/h3-7H,1-2H3,(H,17,18)(H,19,20)/p-2. The Morgan fingerprint density at radius 1 is 0.900 bits per heavy atom. The fourth-order valence-electron chi connectivity index (χ4n) is 2.24. The molecule has 0 saturated heterocycles. The fraction of sp³-hybridized carbons (Fsp3) is 0.133. The Kier molecular flexibility index (Phi) is 3.52. The van der Waals surface area contributed by atoms with Crippen molar-refractivity contribution in [2.45, 2.75) is 13.8 Å². The number of benzene rings is 1. The molecule has 0 aliphatic heterocycles. The largest absolute Gasteiger partial charge is 0.545 e. The number of hydrogen-bond donors (Lipinski definition) is 0. The van der Waals surface area contributed by atoms with E-state index in [1.54, 1.807) is 30.3 Å². The number of nitrogens with zero attached hydrogens (tertiary/aromatic N) is 1. The molecule has 2 rings (SSSR count). The van der Waals surface area contributed by atoms with Crippen LogP contribution in [0.25, 0.3) is 11.1 Å². The maximum absolute atomic E-state index is 11.3. The van der Waals surface area contributed by atoms with Gasteiger partial charge >= 0.3 is 0 Å². The van der Waals surface area contributed by atoms with E-state index in [1.807, 2.05) is 0 Å². The molecule has 1 aromatic heterocycles. The van der Waals surface area contributed by atoms with Crippen LogP contribution < -0.4 is 10.2 Å². The summed E-state index contributed by atoms with van der Waals surface area (Å²) < 4.78 is 0. The van der Waals surface area contributed by atoms with Crippen LogP contribution in [-0.4, -0.2) is 16.9 Å². The van der Waals surface area contributed by atoms with E-state index in [4.69, 9.17) is 0 Å². The average Bonchev–Trinajstić information content (AvgIpc) is 2.37. The number of carbonyl (C=O) groups is 2. The van der Waals surface area contributed by atoms with Crippen molar-refractivity contribution in [3.05, 3.63) is 52.8 Å². The van der Waals surface area contributed by atoms with Crippen molar-refractivity contribution >= 4 is 11.9 Å². The van der Waals surface area contributed by atoms with Crippen molar-refractivity contribution in [2.75, 3.05) is 0 Å². The molecular formula is C15H11NO4-2. The molecule has 1 aromatic carbocycles. The molecule has 0 spiro atoms. The molecule has 0 atom stereocenters. The van der Waals surface area contributed by atoms with Crippen LogP contribution in [0.5, 0.6) is 0 Å². The van der Waals surface area contributed by atoms with Gasteiger partial charge in [-0.25, -0.2) is 0 Å². The molecule has 5 heteroatoms. The van der Waals surface area contributed by atoms with E-state index in [0.29, 0.717) is 5.56 Å². The van der Waals surface area contributed by atoms with Gasteiger partial charge in [0.05, 0.1) is 11.9 Å². The van der Waals surface area contributed by atoms with Gasteiger partial charge in [-0.05, 0) is 19.4 Å². The van der Waals surface area contributed by atoms with E-state index in [2.05, 4.69) is 4.98 Å². The summed E-state index contributed by atoms with van der Waals surface area (Å²) in [5.74, 6) is -2.92. The van der Waals surface area contributed by atoms with Crippen LogP contribution in [0.1, 0.15) is 32.1 Å². The van der Waals surface area contributed by atoms with Gasteiger partial charge in [0.2, 0.25) is 0 Å². The number of pyridine rings is 1. The molecule has 0 aliphatic rings. The van der Waals surface area contributed by atoms with Crippen LogP contribution in [-0.2, 0) is 0 Å². The summed E-state index contributed by atoms with van der Waals surface area (Å²) in [7, 11) is 0. The van der Waals surface area contributed by atoms with E-state index < -0.39 is 11.9 Å². The van der Waals surface area contributed by atoms with Gasteiger partial charge in [0.1, 0.15) is 0 Å². The first-order valence-corrected chi connectivity index (χ1v) is 5.92. The Morgan fingerprint density at radius 2 is 1.35 bits per heavy atom. The van der Waals surface area contributed by atoms with Crippen LogP contribution >= 0.6 is 0 Å². The lowest BCUT2D eigenvalue weighted by Crippen LogP contribution is -2.29. The first-order valence-electron chi connectivity index (χ1n) is 5.92. The minimum Gasteiger partial charge on any atom is -0.545 e. The molecule has 5 nitrogen and oxygen atoms in total. The van der Waals surface area contributed by atoms with Gasteiger partial charge in [0.25, 0.3) is 0 Å². The van der Waals surface area contributed by atoms with E-state index in [-0.39, 0.29) is 28.1 Å². The summed E-state index contributed by atoms with van der Waals surface area (Å²) in [5, 5.41) is 22.7. The number of aromatic carboxylic acids is 2. The topological polar surface area (TPSA) is 93.2 Å². The van der Waals surface area contributed by atoms with Gasteiger partial charge in [-0.1, -0.05) is 30.3 Å². The molecule has 0 amide bonds.